The molecule has 2 aliphatic rings. The number of ketones is 1. The molecule has 0 atom stereocenters. The molecule has 0 aliphatic heterocycles. The van der Waals surface area contributed by atoms with Crippen molar-refractivity contribution in [3.63, 3.8) is 0 Å². The third kappa shape index (κ3) is 1.61. The lowest BCUT2D eigenvalue weighted by atomic mass is 9.66. The summed E-state index contributed by atoms with van der Waals surface area (Å²) < 4.78 is 0. The van der Waals surface area contributed by atoms with Gasteiger partial charge in [0.15, 0.2) is 5.78 Å². The summed E-state index contributed by atoms with van der Waals surface area (Å²) in [6.07, 6.45) is 3.56. The summed E-state index contributed by atoms with van der Waals surface area (Å²) in [5.41, 5.74) is 2.99. The number of non-ortho nitro benzene ring substituents is 1. The lowest BCUT2D eigenvalue weighted by Gasteiger charge is -2.35. The Labute approximate surface area is 127 Å². The van der Waals surface area contributed by atoms with Gasteiger partial charge in [-0.15, -0.1) is 0 Å². The summed E-state index contributed by atoms with van der Waals surface area (Å²) in [5, 5.41) is 11.1. The van der Waals surface area contributed by atoms with Gasteiger partial charge in [-0.05, 0) is 35.6 Å². The maximum Gasteiger partial charge on any atom is 0.269 e. The van der Waals surface area contributed by atoms with Gasteiger partial charge >= 0.3 is 0 Å². The van der Waals surface area contributed by atoms with Crippen molar-refractivity contribution < 1.29 is 9.72 Å². The lowest BCUT2D eigenvalue weighted by Crippen LogP contribution is -2.36. The van der Waals surface area contributed by atoms with E-state index in [-0.39, 0.29) is 16.4 Å². The molecule has 4 nitrogen and oxygen atoms in total. The molecule has 0 heterocycles. The number of carbonyl (C=O) groups is 1. The predicted molar refractivity (Wildman–Crippen MR) is 83.0 cm³/mol. The third-order valence-corrected chi connectivity index (χ3v) is 5.08. The Kier molecular flexibility index (Phi) is 2.70. The molecule has 2 aliphatic carbocycles. The molecule has 0 N–H and O–H groups in total. The van der Waals surface area contributed by atoms with Gasteiger partial charge < -0.3 is 0 Å². The van der Waals surface area contributed by atoms with E-state index in [0.29, 0.717) is 0 Å². The Bertz CT molecular complexity index is 804. The number of hydrogen-bond donors (Lipinski definition) is 0. The van der Waals surface area contributed by atoms with Gasteiger partial charge in [0.25, 0.3) is 5.69 Å². The minimum Gasteiger partial charge on any atom is -0.293 e. The van der Waals surface area contributed by atoms with Gasteiger partial charge in [-0.1, -0.05) is 37.1 Å². The molecule has 0 radical (unpaired) electrons. The second-order valence-corrected chi connectivity index (χ2v) is 6.15. The monoisotopic (exact) mass is 293 g/mol. The zero-order valence-electron chi connectivity index (χ0n) is 12.0. The number of benzene rings is 2. The quantitative estimate of drug-likeness (QED) is 0.582. The van der Waals surface area contributed by atoms with Crippen molar-refractivity contribution in [2.24, 2.45) is 0 Å². The standard InChI is InChI=1S/C18H15NO3/c20-17-15-6-2-1-5-13(15)14-8-7-12(19(21)22)11-16(14)18(17)9-3-4-10-18/h1-2,5-8,11H,3-4,9-10H2. The molecule has 1 spiro atoms. The van der Waals surface area contributed by atoms with Crippen molar-refractivity contribution in [3.05, 3.63) is 63.7 Å². The second kappa shape index (κ2) is 4.50. The van der Waals surface area contributed by atoms with Crippen molar-refractivity contribution in [1.82, 2.24) is 0 Å². The van der Waals surface area contributed by atoms with Crippen LogP contribution in [0.15, 0.2) is 42.5 Å². The number of fused-ring (bicyclic) bond motifs is 4. The van der Waals surface area contributed by atoms with Crippen LogP contribution in [0.2, 0.25) is 0 Å². The van der Waals surface area contributed by atoms with E-state index in [1.807, 2.05) is 24.3 Å². The van der Waals surface area contributed by atoms with Gasteiger partial charge in [0.1, 0.15) is 0 Å². The summed E-state index contributed by atoms with van der Waals surface area (Å²) >= 11 is 0. The Hall–Kier alpha value is -2.49. The summed E-state index contributed by atoms with van der Waals surface area (Å²) in [6, 6.07) is 12.6. The van der Waals surface area contributed by atoms with Crippen LogP contribution < -0.4 is 0 Å². The molecule has 22 heavy (non-hydrogen) atoms. The maximum absolute atomic E-state index is 13.1. The first-order valence-electron chi connectivity index (χ1n) is 7.57. The average molecular weight is 293 g/mol. The van der Waals surface area contributed by atoms with Crippen LogP contribution in [0.5, 0.6) is 0 Å². The fourth-order valence-electron chi connectivity index (χ4n) is 4.05. The van der Waals surface area contributed by atoms with Crippen molar-refractivity contribution in [2.45, 2.75) is 31.1 Å². The smallest absolute Gasteiger partial charge is 0.269 e. The minimum absolute atomic E-state index is 0.0669. The van der Waals surface area contributed by atoms with Crippen LogP contribution in [0.4, 0.5) is 5.69 Å². The van der Waals surface area contributed by atoms with Crippen LogP contribution in [0.25, 0.3) is 11.1 Å². The molecular weight excluding hydrogens is 278 g/mol. The molecule has 0 aromatic heterocycles. The first kappa shape index (κ1) is 13.2. The second-order valence-electron chi connectivity index (χ2n) is 6.15. The minimum atomic E-state index is -0.560. The van der Waals surface area contributed by atoms with E-state index >= 15 is 0 Å². The number of nitro benzene ring substituents is 1. The lowest BCUT2D eigenvalue weighted by molar-refractivity contribution is -0.384. The molecule has 1 saturated carbocycles. The summed E-state index contributed by atoms with van der Waals surface area (Å²) in [6.45, 7) is 0. The van der Waals surface area contributed by atoms with Crippen LogP contribution in [-0.2, 0) is 5.41 Å². The highest BCUT2D eigenvalue weighted by Gasteiger charge is 2.48. The van der Waals surface area contributed by atoms with E-state index in [9.17, 15) is 14.9 Å². The highest BCUT2D eigenvalue weighted by molar-refractivity contribution is 6.13. The summed E-state index contributed by atoms with van der Waals surface area (Å²) in [5.74, 6) is 0.133. The molecule has 110 valence electrons. The first-order chi connectivity index (χ1) is 10.6. The number of nitrogens with zero attached hydrogens (tertiary/aromatic N) is 1. The molecule has 0 bridgehead atoms. The van der Waals surface area contributed by atoms with Crippen molar-refractivity contribution in [1.29, 1.82) is 0 Å². The van der Waals surface area contributed by atoms with Gasteiger partial charge in [0.2, 0.25) is 0 Å². The van der Waals surface area contributed by atoms with Gasteiger partial charge in [0, 0.05) is 17.7 Å². The normalized spacial score (nSPS) is 18.1. The van der Waals surface area contributed by atoms with E-state index in [0.717, 1.165) is 47.9 Å². The molecule has 2 aromatic carbocycles. The van der Waals surface area contributed by atoms with E-state index in [1.54, 1.807) is 12.1 Å². The number of hydrogen-bond acceptors (Lipinski definition) is 3. The molecule has 4 heteroatoms. The van der Waals surface area contributed by atoms with Crippen LogP contribution in [-0.4, -0.2) is 10.7 Å². The highest BCUT2D eigenvalue weighted by Crippen LogP contribution is 2.52. The SMILES string of the molecule is O=C1c2ccccc2-c2ccc([N+](=O)[O-])cc2C12CCCC2. The zero-order valence-corrected chi connectivity index (χ0v) is 12.0. The van der Waals surface area contributed by atoms with Crippen molar-refractivity contribution >= 4 is 11.5 Å². The maximum atomic E-state index is 13.1. The van der Waals surface area contributed by atoms with E-state index in [2.05, 4.69) is 0 Å². The molecule has 0 unspecified atom stereocenters. The van der Waals surface area contributed by atoms with E-state index in [4.69, 9.17) is 0 Å². The molecule has 2 aromatic rings. The zero-order chi connectivity index (χ0) is 15.3. The van der Waals surface area contributed by atoms with Crippen molar-refractivity contribution in [2.75, 3.05) is 0 Å². The fourth-order valence-corrected chi connectivity index (χ4v) is 4.05. The Morgan fingerprint density at radius 1 is 0.955 bits per heavy atom. The van der Waals surface area contributed by atoms with Crippen LogP contribution in [0.3, 0.4) is 0 Å². The van der Waals surface area contributed by atoms with Crippen molar-refractivity contribution in [3.8, 4) is 11.1 Å². The fraction of sp³-hybridized carbons (Fsp3) is 0.278. The number of nitro groups is 1. The highest BCUT2D eigenvalue weighted by atomic mass is 16.6. The van der Waals surface area contributed by atoms with Crippen LogP contribution in [0, 0.1) is 10.1 Å². The van der Waals surface area contributed by atoms with Gasteiger partial charge in [0.05, 0.1) is 10.3 Å². The topological polar surface area (TPSA) is 60.2 Å². The number of Topliss-reactive ketones (excluding diaryl/α,β-unsaturated/α-hetero) is 1. The Morgan fingerprint density at radius 2 is 1.64 bits per heavy atom. The molecule has 0 amide bonds. The molecule has 0 saturated heterocycles. The average Bonchev–Trinajstić information content (AvgIpc) is 3.03. The Balaban J connectivity index is 2.05. The van der Waals surface area contributed by atoms with Gasteiger partial charge in [-0.3, -0.25) is 14.9 Å². The summed E-state index contributed by atoms with van der Waals surface area (Å²) in [4.78, 5) is 23.9. The molecular formula is C18H15NO3. The summed E-state index contributed by atoms with van der Waals surface area (Å²) in [7, 11) is 0. The Morgan fingerprint density at radius 3 is 2.32 bits per heavy atom. The number of rotatable bonds is 1. The van der Waals surface area contributed by atoms with Crippen LogP contribution in [0.1, 0.15) is 41.6 Å². The molecule has 1 fully saturated rings. The first-order valence-corrected chi connectivity index (χ1v) is 7.57. The van der Waals surface area contributed by atoms with Gasteiger partial charge in [-0.25, -0.2) is 0 Å². The van der Waals surface area contributed by atoms with Crippen LogP contribution >= 0.6 is 0 Å². The van der Waals surface area contributed by atoms with E-state index in [1.165, 1.54) is 6.07 Å². The molecule has 4 rings (SSSR count). The predicted octanol–water partition coefficient (Wildman–Crippen LogP) is 4.27. The largest absolute Gasteiger partial charge is 0.293 e. The number of carbonyl (C=O) groups excluding carboxylic acids is 1. The van der Waals surface area contributed by atoms with E-state index < -0.39 is 5.41 Å². The third-order valence-electron chi connectivity index (χ3n) is 5.08. The van der Waals surface area contributed by atoms with Gasteiger partial charge in [-0.2, -0.15) is 0 Å².